The molecule has 0 spiro atoms. The van der Waals surface area contributed by atoms with Crippen LogP contribution in [0.5, 0.6) is 0 Å². The quantitative estimate of drug-likeness (QED) is 0.649. The smallest absolute Gasteiger partial charge is 0.283 e. The Balaban J connectivity index is 3.13. The highest BCUT2D eigenvalue weighted by atomic mass is 79.9. The first-order chi connectivity index (χ1) is 6.93. The van der Waals surface area contributed by atoms with Gasteiger partial charge in [-0.15, -0.1) is 0 Å². The van der Waals surface area contributed by atoms with Crippen LogP contribution in [0.1, 0.15) is 18.5 Å². The molecule has 1 aromatic rings. The van der Waals surface area contributed by atoms with Crippen molar-refractivity contribution in [3.05, 3.63) is 38.3 Å². The van der Waals surface area contributed by atoms with Gasteiger partial charge in [0, 0.05) is 6.07 Å². The highest BCUT2D eigenvalue weighted by Crippen LogP contribution is 2.28. The third-order valence-corrected chi connectivity index (χ3v) is 2.74. The summed E-state index contributed by atoms with van der Waals surface area (Å²) in [5.74, 6) is 0. The van der Waals surface area contributed by atoms with Gasteiger partial charge in [0.25, 0.3) is 5.69 Å². The monoisotopic (exact) mass is 274 g/mol. The Hall–Kier alpha value is -0.980. The number of aliphatic hydroxyl groups excluding tert-OH is 1. The number of hydrogen-bond donors (Lipinski definition) is 2. The van der Waals surface area contributed by atoms with Crippen molar-refractivity contribution in [1.82, 2.24) is 0 Å². The summed E-state index contributed by atoms with van der Waals surface area (Å²) in [6, 6.07) is 3.95. The van der Waals surface area contributed by atoms with Crippen LogP contribution < -0.4 is 5.73 Å². The number of nitro benzene ring substituents is 1. The van der Waals surface area contributed by atoms with Crippen LogP contribution >= 0.6 is 15.9 Å². The Kier molecular flexibility index (Phi) is 3.78. The number of aliphatic hydroxyl groups is 1. The van der Waals surface area contributed by atoms with Crippen molar-refractivity contribution in [1.29, 1.82) is 0 Å². The molecular formula is C9H11BrN2O3. The average Bonchev–Trinajstić information content (AvgIpc) is 2.16. The summed E-state index contributed by atoms with van der Waals surface area (Å²) < 4.78 is 0.397. The summed E-state index contributed by atoms with van der Waals surface area (Å²) in [4.78, 5) is 10.1. The molecule has 3 N–H and O–H groups in total. The molecule has 15 heavy (non-hydrogen) atoms. The Morgan fingerprint density at radius 1 is 1.60 bits per heavy atom. The van der Waals surface area contributed by atoms with Gasteiger partial charge in [0.05, 0.1) is 21.5 Å². The summed E-state index contributed by atoms with van der Waals surface area (Å²) in [7, 11) is 0. The van der Waals surface area contributed by atoms with Crippen LogP contribution in [-0.2, 0) is 0 Å². The zero-order chi connectivity index (χ0) is 11.6. The number of halogens is 1. The highest BCUT2D eigenvalue weighted by molar-refractivity contribution is 9.10. The molecule has 6 heteroatoms. The molecule has 0 radical (unpaired) electrons. The number of benzene rings is 1. The molecule has 82 valence electrons. The summed E-state index contributed by atoms with van der Waals surface area (Å²) in [5, 5.41) is 19.9. The van der Waals surface area contributed by atoms with Crippen LogP contribution in [0.4, 0.5) is 5.69 Å². The van der Waals surface area contributed by atoms with E-state index in [1.807, 2.05) is 0 Å². The van der Waals surface area contributed by atoms with Crippen molar-refractivity contribution in [3.8, 4) is 0 Å². The Bertz CT molecular complexity index is 382. The number of rotatable bonds is 3. The fraction of sp³-hybridized carbons (Fsp3) is 0.333. The van der Waals surface area contributed by atoms with Gasteiger partial charge in [-0.2, -0.15) is 0 Å². The van der Waals surface area contributed by atoms with Gasteiger partial charge in [0.2, 0.25) is 0 Å². The Morgan fingerprint density at radius 3 is 2.67 bits per heavy atom. The van der Waals surface area contributed by atoms with Crippen LogP contribution in [0.3, 0.4) is 0 Å². The van der Waals surface area contributed by atoms with Crippen LogP contribution in [0.2, 0.25) is 0 Å². The average molecular weight is 275 g/mol. The van der Waals surface area contributed by atoms with Gasteiger partial charge in [-0.25, -0.2) is 0 Å². The fourth-order valence-electron chi connectivity index (χ4n) is 1.16. The maximum atomic E-state index is 10.6. The predicted octanol–water partition coefficient (Wildman–Crippen LogP) is 1.74. The molecular weight excluding hydrogens is 264 g/mol. The minimum Gasteiger partial charge on any atom is -0.391 e. The van der Waals surface area contributed by atoms with Crippen molar-refractivity contribution < 1.29 is 10.0 Å². The van der Waals surface area contributed by atoms with E-state index in [2.05, 4.69) is 15.9 Å². The number of hydrogen-bond acceptors (Lipinski definition) is 4. The van der Waals surface area contributed by atoms with E-state index >= 15 is 0 Å². The van der Waals surface area contributed by atoms with Gasteiger partial charge < -0.3 is 10.8 Å². The molecule has 0 saturated heterocycles. The zero-order valence-electron chi connectivity index (χ0n) is 8.05. The number of nitrogens with two attached hydrogens (primary N) is 1. The van der Waals surface area contributed by atoms with E-state index in [1.165, 1.54) is 6.07 Å². The van der Waals surface area contributed by atoms with Crippen molar-refractivity contribution in [2.45, 2.75) is 19.1 Å². The molecule has 0 aliphatic heterocycles. The highest BCUT2D eigenvalue weighted by Gasteiger charge is 2.18. The second kappa shape index (κ2) is 4.69. The largest absolute Gasteiger partial charge is 0.391 e. The molecule has 1 rings (SSSR count). The normalized spacial score (nSPS) is 14.7. The van der Waals surface area contributed by atoms with Crippen LogP contribution in [-0.4, -0.2) is 16.1 Å². The molecule has 0 bridgehead atoms. The van der Waals surface area contributed by atoms with Gasteiger partial charge in [-0.3, -0.25) is 10.1 Å². The maximum Gasteiger partial charge on any atom is 0.283 e. The van der Waals surface area contributed by atoms with Crippen molar-refractivity contribution in [2.75, 3.05) is 0 Å². The van der Waals surface area contributed by atoms with Gasteiger partial charge in [0.15, 0.2) is 0 Å². The molecule has 0 amide bonds. The van der Waals surface area contributed by atoms with Crippen molar-refractivity contribution in [3.63, 3.8) is 0 Å². The van der Waals surface area contributed by atoms with E-state index in [0.29, 0.717) is 10.0 Å². The molecule has 0 aromatic heterocycles. The van der Waals surface area contributed by atoms with Crippen LogP contribution in [0, 0.1) is 10.1 Å². The van der Waals surface area contributed by atoms with Crippen molar-refractivity contribution >= 4 is 21.6 Å². The topological polar surface area (TPSA) is 89.4 Å². The second-order valence-electron chi connectivity index (χ2n) is 3.23. The lowest BCUT2D eigenvalue weighted by atomic mass is 10.0. The lowest BCUT2D eigenvalue weighted by molar-refractivity contribution is -0.385. The second-order valence-corrected chi connectivity index (χ2v) is 4.09. The summed E-state index contributed by atoms with van der Waals surface area (Å²) in [6.07, 6.45) is -0.745. The van der Waals surface area contributed by atoms with Gasteiger partial charge in [-0.05, 0) is 34.5 Å². The van der Waals surface area contributed by atoms with Gasteiger partial charge >= 0.3 is 0 Å². The van der Waals surface area contributed by atoms with E-state index in [4.69, 9.17) is 5.73 Å². The molecule has 5 nitrogen and oxygen atoms in total. The van der Waals surface area contributed by atoms with E-state index in [-0.39, 0.29) is 5.69 Å². The molecule has 0 aliphatic rings. The maximum absolute atomic E-state index is 10.6. The van der Waals surface area contributed by atoms with Gasteiger partial charge in [0.1, 0.15) is 0 Å². The standard InChI is InChI=1S/C9H11BrN2O3/c1-5(13)9(11)6-2-3-7(10)8(4-6)12(14)15/h2-5,9,13H,11H2,1H3/t5-,9-/m1/s1. The third-order valence-electron chi connectivity index (χ3n) is 2.07. The molecule has 2 atom stereocenters. The minimum atomic E-state index is -0.745. The lowest BCUT2D eigenvalue weighted by Gasteiger charge is -2.14. The summed E-state index contributed by atoms with van der Waals surface area (Å²) in [6.45, 7) is 1.54. The first kappa shape index (κ1) is 12.1. The van der Waals surface area contributed by atoms with Crippen LogP contribution in [0.15, 0.2) is 22.7 Å². The van der Waals surface area contributed by atoms with E-state index < -0.39 is 17.1 Å². The zero-order valence-corrected chi connectivity index (χ0v) is 9.64. The van der Waals surface area contributed by atoms with Gasteiger partial charge in [-0.1, -0.05) is 6.07 Å². The minimum absolute atomic E-state index is 0.0522. The fourth-order valence-corrected chi connectivity index (χ4v) is 1.55. The summed E-state index contributed by atoms with van der Waals surface area (Å²) >= 11 is 3.07. The van der Waals surface area contributed by atoms with Crippen LogP contribution in [0.25, 0.3) is 0 Å². The predicted molar refractivity (Wildman–Crippen MR) is 59.4 cm³/mol. The third kappa shape index (κ3) is 2.74. The van der Waals surface area contributed by atoms with E-state index in [1.54, 1.807) is 19.1 Å². The molecule has 0 fully saturated rings. The van der Waals surface area contributed by atoms with E-state index in [0.717, 1.165) is 0 Å². The molecule has 0 unspecified atom stereocenters. The van der Waals surface area contributed by atoms with E-state index in [9.17, 15) is 15.2 Å². The SMILES string of the molecule is C[C@@H](O)[C@@H](N)c1ccc(Br)c([N+](=O)[O-])c1. The number of nitrogens with zero attached hydrogens (tertiary/aromatic N) is 1. The lowest BCUT2D eigenvalue weighted by Crippen LogP contribution is -2.23. The first-order valence-electron chi connectivity index (χ1n) is 4.31. The molecule has 0 aliphatic carbocycles. The summed E-state index contributed by atoms with van der Waals surface area (Å²) in [5.41, 5.74) is 6.16. The Labute approximate surface area is 95.2 Å². The Morgan fingerprint density at radius 2 is 2.20 bits per heavy atom. The van der Waals surface area contributed by atoms with Crippen molar-refractivity contribution in [2.24, 2.45) is 5.73 Å². The molecule has 0 saturated carbocycles. The molecule has 0 heterocycles. The molecule has 1 aromatic carbocycles. The number of nitro groups is 1. The first-order valence-corrected chi connectivity index (χ1v) is 5.10.